The fourth-order valence-electron chi connectivity index (χ4n) is 2.55. The Bertz CT molecular complexity index is 950. The third-order valence-electron chi connectivity index (χ3n) is 3.74. The van der Waals surface area contributed by atoms with Crippen LogP contribution < -0.4 is 5.32 Å². The van der Waals surface area contributed by atoms with Crippen LogP contribution in [-0.4, -0.2) is 29.4 Å². The molecule has 3 rings (SSSR count). The molecular weight excluding hydrogens is 324 g/mol. The lowest BCUT2D eigenvalue weighted by atomic mass is 10.2. The van der Waals surface area contributed by atoms with Crippen LogP contribution in [0, 0.1) is 6.92 Å². The lowest BCUT2D eigenvalue weighted by molar-refractivity contribution is 0.601. The van der Waals surface area contributed by atoms with Crippen LogP contribution in [0.15, 0.2) is 59.8 Å². The summed E-state index contributed by atoms with van der Waals surface area (Å²) in [5.74, 6) is 0.741. The summed E-state index contributed by atoms with van der Waals surface area (Å²) in [4.78, 5) is 4.61. The lowest BCUT2D eigenvalue weighted by Crippen LogP contribution is -2.10. The summed E-state index contributed by atoms with van der Waals surface area (Å²) in [6.45, 7) is 2.23. The van der Waals surface area contributed by atoms with Gasteiger partial charge in [0.05, 0.1) is 17.1 Å². The van der Waals surface area contributed by atoms with Crippen molar-refractivity contribution in [2.75, 3.05) is 11.6 Å². The monoisotopic (exact) mass is 342 g/mol. The summed E-state index contributed by atoms with van der Waals surface area (Å²) >= 11 is 0. The maximum Gasteiger partial charge on any atom is 0.175 e. The average molecular weight is 342 g/mol. The van der Waals surface area contributed by atoms with E-state index in [2.05, 4.69) is 15.4 Å². The minimum atomic E-state index is -3.25. The number of rotatable bonds is 5. The zero-order chi connectivity index (χ0) is 17.2. The second kappa shape index (κ2) is 6.45. The number of nitrogens with zero attached hydrogens (tertiary/aromatic N) is 3. The number of nitrogens with one attached hydrogen (secondary N) is 1. The molecule has 24 heavy (non-hydrogen) atoms. The van der Waals surface area contributed by atoms with Gasteiger partial charge in [-0.05, 0) is 36.8 Å². The van der Waals surface area contributed by atoms with Gasteiger partial charge in [0.15, 0.2) is 15.7 Å². The second-order valence-electron chi connectivity index (χ2n) is 5.48. The van der Waals surface area contributed by atoms with Crippen molar-refractivity contribution in [2.24, 2.45) is 0 Å². The molecule has 2 aromatic carbocycles. The smallest absolute Gasteiger partial charge is 0.175 e. The quantitative estimate of drug-likeness (QED) is 0.771. The Labute approximate surface area is 141 Å². The third-order valence-corrected chi connectivity index (χ3v) is 4.98. The molecule has 0 atom stereocenters. The topological polar surface area (TPSA) is 76.9 Å². The van der Waals surface area contributed by atoms with E-state index in [1.165, 1.54) is 12.6 Å². The van der Waals surface area contributed by atoms with Crippen molar-refractivity contribution in [3.05, 3.63) is 66.2 Å². The third kappa shape index (κ3) is 3.30. The Kier molecular flexibility index (Phi) is 4.35. The van der Waals surface area contributed by atoms with Gasteiger partial charge in [0, 0.05) is 11.9 Å². The second-order valence-corrected chi connectivity index (χ2v) is 7.46. The summed E-state index contributed by atoms with van der Waals surface area (Å²) in [6.07, 6.45) is 2.72. The van der Waals surface area contributed by atoms with E-state index in [-0.39, 0.29) is 0 Å². The highest BCUT2D eigenvalue weighted by molar-refractivity contribution is 7.90. The molecule has 0 aliphatic heterocycles. The largest absolute Gasteiger partial charge is 0.377 e. The van der Waals surface area contributed by atoms with E-state index >= 15 is 0 Å². The molecular formula is C17H18N4O2S. The Balaban J connectivity index is 1.85. The highest BCUT2D eigenvalue weighted by Crippen LogP contribution is 2.23. The number of hydrogen-bond acceptors (Lipinski definition) is 5. The fraction of sp³-hybridized carbons (Fsp3) is 0.176. The Hall–Kier alpha value is -2.67. The number of benzene rings is 2. The van der Waals surface area contributed by atoms with Gasteiger partial charge in [0.2, 0.25) is 0 Å². The summed E-state index contributed by atoms with van der Waals surface area (Å²) in [6, 6.07) is 14.9. The first-order valence-electron chi connectivity index (χ1n) is 7.44. The first-order valence-corrected chi connectivity index (χ1v) is 9.34. The van der Waals surface area contributed by atoms with Crippen molar-refractivity contribution in [2.45, 2.75) is 18.4 Å². The highest BCUT2D eigenvalue weighted by atomic mass is 32.2. The van der Waals surface area contributed by atoms with E-state index in [4.69, 9.17) is 0 Å². The normalized spacial score (nSPS) is 11.4. The maximum absolute atomic E-state index is 11.8. The van der Waals surface area contributed by atoms with Crippen molar-refractivity contribution >= 4 is 15.5 Å². The van der Waals surface area contributed by atoms with Gasteiger partial charge in [0.1, 0.15) is 6.33 Å². The number of sulfone groups is 1. The molecule has 0 saturated carbocycles. The first-order chi connectivity index (χ1) is 11.5. The number of aromatic nitrogens is 3. The van der Waals surface area contributed by atoms with Gasteiger partial charge in [-0.25, -0.2) is 18.1 Å². The molecule has 0 radical (unpaired) electrons. The van der Waals surface area contributed by atoms with Crippen molar-refractivity contribution in [1.29, 1.82) is 0 Å². The zero-order valence-electron chi connectivity index (χ0n) is 13.5. The van der Waals surface area contributed by atoms with E-state index < -0.39 is 9.84 Å². The standard InChI is InChI=1S/C17H18N4O2S/c1-13-15(9-6-10-16(13)24(2,22)23)18-11-17-19-12-20-21(17)14-7-4-3-5-8-14/h3-10,12,18H,11H2,1-2H3. The molecule has 124 valence electrons. The molecule has 0 aliphatic rings. The Morgan fingerprint density at radius 2 is 1.83 bits per heavy atom. The van der Waals surface area contributed by atoms with Crippen molar-refractivity contribution in [3.63, 3.8) is 0 Å². The van der Waals surface area contributed by atoms with Gasteiger partial charge < -0.3 is 5.32 Å². The SMILES string of the molecule is Cc1c(NCc2ncnn2-c2ccccc2)cccc1S(C)(=O)=O. The molecule has 0 saturated heterocycles. The summed E-state index contributed by atoms with van der Waals surface area (Å²) < 4.78 is 25.4. The molecule has 1 heterocycles. The van der Waals surface area contributed by atoms with Crippen molar-refractivity contribution < 1.29 is 8.42 Å². The van der Waals surface area contributed by atoms with E-state index in [9.17, 15) is 8.42 Å². The zero-order valence-corrected chi connectivity index (χ0v) is 14.3. The summed E-state index contributed by atoms with van der Waals surface area (Å²) in [5.41, 5.74) is 2.39. The molecule has 1 N–H and O–H groups in total. The van der Waals surface area contributed by atoms with E-state index in [1.54, 1.807) is 23.7 Å². The predicted molar refractivity (Wildman–Crippen MR) is 93.0 cm³/mol. The molecule has 0 bridgehead atoms. The Morgan fingerprint density at radius 3 is 2.54 bits per heavy atom. The van der Waals surface area contributed by atoms with Crippen LogP contribution in [0.2, 0.25) is 0 Å². The fourth-order valence-corrected chi connectivity index (χ4v) is 3.54. The van der Waals surface area contributed by atoms with E-state index in [1.807, 2.05) is 36.4 Å². The van der Waals surface area contributed by atoms with Crippen LogP contribution in [0.25, 0.3) is 5.69 Å². The Morgan fingerprint density at radius 1 is 1.08 bits per heavy atom. The van der Waals surface area contributed by atoms with Gasteiger partial charge in [-0.15, -0.1) is 0 Å². The first kappa shape index (κ1) is 16.2. The molecule has 6 nitrogen and oxygen atoms in total. The van der Waals surface area contributed by atoms with Gasteiger partial charge in [-0.1, -0.05) is 24.3 Å². The number of para-hydroxylation sites is 1. The number of anilines is 1. The maximum atomic E-state index is 11.8. The van der Waals surface area contributed by atoms with Gasteiger partial charge in [0.25, 0.3) is 0 Å². The molecule has 1 aromatic heterocycles. The van der Waals surface area contributed by atoms with Crippen LogP contribution in [0.3, 0.4) is 0 Å². The molecule has 7 heteroatoms. The average Bonchev–Trinajstić information content (AvgIpc) is 3.02. The molecule has 0 fully saturated rings. The molecule has 0 amide bonds. The molecule has 3 aromatic rings. The number of hydrogen-bond donors (Lipinski definition) is 1. The van der Waals surface area contributed by atoms with Crippen LogP contribution in [0.5, 0.6) is 0 Å². The van der Waals surface area contributed by atoms with Gasteiger partial charge in [-0.3, -0.25) is 0 Å². The lowest BCUT2D eigenvalue weighted by Gasteiger charge is -2.12. The summed E-state index contributed by atoms with van der Waals surface area (Å²) in [5, 5.41) is 7.50. The van der Waals surface area contributed by atoms with Gasteiger partial charge >= 0.3 is 0 Å². The molecule has 0 aliphatic carbocycles. The highest BCUT2D eigenvalue weighted by Gasteiger charge is 2.13. The minimum absolute atomic E-state index is 0.331. The van der Waals surface area contributed by atoms with Gasteiger partial charge in [-0.2, -0.15) is 5.10 Å². The van der Waals surface area contributed by atoms with E-state index in [0.29, 0.717) is 17.0 Å². The van der Waals surface area contributed by atoms with Crippen LogP contribution in [0.1, 0.15) is 11.4 Å². The predicted octanol–water partition coefficient (Wildman–Crippen LogP) is 2.59. The van der Waals surface area contributed by atoms with Crippen LogP contribution >= 0.6 is 0 Å². The summed E-state index contributed by atoms with van der Waals surface area (Å²) in [7, 11) is -3.25. The van der Waals surface area contributed by atoms with E-state index in [0.717, 1.165) is 17.2 Å². The molecule has 0 spiro atoms. The molecule has 0 unspecified atom stereocenters. The van der Waals surface area contributed by atoms with Crippen molar-refractivity contribution in [1.82, 2.24) is 14.8 Å². The van der Waals surface area contributed by atoms with Crippen LogP contribution in [-0.2, 0) is 16.4 Å². The minimum Gasteiger partial charge on any atom is -0.377 e. The van der Waals surface area contributed by atoms with Crippen LogP contribution in [0.4, 0.5) is 5.69 Å². The van der Waals surface area contributed by atoms with Crippen molar-refractivity contribution in [3.8, 4) is 5.69 Å².